The lowest BCUT2D eigenvalue weighted by atomic mass is 10.1. The molecular formula is C16H25ClN2O. The standard InChI is InChI=1S/C16H25ClN2O/c1-18(12-13-19-9-4-5-10-19)11-8-16(20)14-6-2-3-7-15(14)17/h2-3,6-7,16,20H,4-5,8-13H2,1H3. The highest BCUT2D eigenvalue weighted by Crippen LogP contribution is 2.24. The molecule has 4 heteroatoms. The summed E-state index contributed by atoms with van der Waals surface area (Å²) >= 11 is 6.10. The van der Waals surface area contributed by atoms with Crippen molar-refractivity contribution in [2.75, 3.05) is 39.8 Å². The average molecular weight is 297 g/mol. The van der Waals surface area contributed by atoms with Crippen molar-refractivity contribution in [2.45, 2.75) is 25.4 Å². The molecule has 1 atom stereocenters. The van der Waals surface area contributed by atoms with E-state index in [0.29, 0.717) is 5.02 Å². The van der Waals surface area contributed by atoms with Crippen molar-refractivity contribution >= 4 is 11.6 Å². The molecule has 0 radical (unpaired) electrons. The third-order valence-corrected chi connectivity index (χ3v) is 4.39. The van der Waals surface area contributed by atoms with Gasteiger partial charge in [-0.05, 0) is 51.0 Å². The smallest absolute Gasteiger partial charge is 0.0816 e. The summed E-state index contributed by atoms with van der Waals surface area (Å²) in [6.07, 6.45) is 2.93. The fourth-order valence-corrected chi connectivity index (χ4v) is 2.94. The van der Waals surface area contributed by atoms with Crippen LogP contribution in [0.5, 0.6) is 0 Å². The number of likely N-dealkylation sites (N-methyl/N-ethyl adjacent to an activating group) is 1. The van der Waals surface area contributed by atoms with Gasteiger partial charge in [0, 0.05) is 24.7 Å². The highest BCUT2D eigenvalue weighted by atomic mass is 35.5. The summed E-state index contributed by atoms with van der Waals surface area (Å²) in [6, 6.07) is 7.54. The van der Waals surface area contributed by atoms with E-state index in [1.54, 1.807) is 0 Å². The first-order valence-electron chi connectivity index (χ1n) is 7.50. The minimum absolute atomic E-state index is 0.474. The zero-order chi connectivity index (χ0) is 14.4. The molecule has 1 aliphatic rings. The molecular weight excluding hydrogens is 272 g/mol. The zero-order valence-corrected chi connectivity index (χ0v) is 13.0. The zero-order valence-electron chi connectivity index (χ0n) is 12.3. The Labute approximate surface area is 127 Å². The number of hydrogen-bond donors (Lipinski definition) is 1. The Morgan fingerprint density at radius 3 is 2.65 bits per heavy atom. The maximum Gasteiger partial charge on any atom is 0.0816 e. The van der Waals surface area contributed by atoms with Crippen LogP contribution in [-0.4, -0.2) is 54.7 Å². The van der Waals surface area contributed by atoms with Gasteiger partial charge in [0.2, 0.25) is 0 Å². The molecule has 0 saturated carbocycles. The van der Waals surface area contributed by atoms with Gasteiger partial charge in [-0.15, -0.1) is 0 Å². The number of rotatable bonds is 7. The first-order valence-corrected chi connectivity index (χ1v) is 7.88. The fourth-order valence-electron chi connectivity index (χ4n) is 2.67. The Morgan fingerprint density at radius 2 is 1.95 bits per heavy atom. The molecule has 0 aromatic heterocycles. The van der Waals surface area contributed by atoms with Crippen LogP contribution < -0.4 is 0 Å². The van der Waals surface area contributed by atoms with Crippen molar-refractivity contribution < 1.29 is 5.11 Å². The molecule has 1 N–H and O–H groups in total. The second-order valence-electron chi connectivity index (χ2n) is 5.68. The molecule has 1 aliphatic heterocycles. The SMILES string of the molecule is CN(CCC(O)c1ccccc1Cl)CCN1CCCC1. The first-order chi connectivity index (χ1) is 9.66. The van der Waals surface area contributed by atoms with Gasteiger partial charge in [-0.1, -0.05) is 29.8 Å². The monoisotopic (exact) mass is 296 g/mol. The lowest BCUT2D eigenvalue weighted by Gasteiger charge is -2.22. The van der Waals surface area contributed by atoms with Crippen molar-refractivity contribution in [3.63, 3.8) is 0 Å². The lowest BCUT2D eigenvalue weighted by molar-refractivity contribution is 0.145. The summed E-state index contributed by atoms with van der Waals surface area (Å²) < 4.78 is 0. The van der Waals surface area contributed by atoms with E-state index in [9.17, 15) is 5.11 Å². The Balaban J connectivity index is 1.69. The van der Waals surface area contributed by atoms with Crippen molar-refractivity contribution in [1.29, 1.82) is 0 Å². The number of benzene rings is 1. The predicted octanol–water partition coefficient (Wildman–Crippen LogP) is 2.79. The lowest BCUT2D eigenvalue weighted by Crippen LogP contribution is -2.32. The summed E-state index contributed by atoms with van der Waals surface area (Å²) in [5, 5.41) is 10.9. The highest BCUT2D eigenvalue weighted by Gasteiger charge is 2.14. The van der Waals surface area contributed by atoms with Gasteiger partial charge >= 0.3 is 0 Å². The van der Waals surface area contributed by atoms with Crippen LogP contribution in [0, 0.1) is 0 Å². The van der Waals surface area contributed by atoms with Crippen molar-refractivity contribution in [2.24, 2.45) is 0 Å². The largest absolute Gasteiger partial charge is 0.388 e. The Morgan fingerprint density at radius 1 is 1.25 bits per heavy atom. The van der Waals surface area contributed by atoms with E-state index in [1.807, 2.05) is 24.3 Å². The van der Waals surface area contributed by atoms with E-state index in [4.69, 9.17) is 11.6 Å². The Kier molecular flexibility index (Phi) is 6.30. The van der Waals surface area contributed by atoms with Crippen molar-refractivity contribution in [1.82, 2.24) is 9.80 Å². The molecule has 112 valence electrons. The Bertz CT molecular complexity index is 407. The van der Waals surface area contributed by atoms with Crippen LogP contribution in [-0.2, 0) is 0 Å². The van der Waals surface area contributed by atoms with E-state index < -0.39 is 6.10 Å². The van der Waals surface area contributed by atoms with Crippen LogP contribution in [0.2, 0.25) is 5.02 Å². The van der Waals surface area contributed by atoms with Crippen LogP contribution in [0.15, 0.2) is 24.3 Å². The number of aliphatic hydroxyl groups excluding tert-OH is 1. The van der Waals surface area contributed by atoms with Gasteiger partial charge in [-0.25, -0.2) is 0 Å². The summed E-state index contributed by atoms with van der Waals surface area (Å²) in [7, 11) is 2.12. The molecule has 1 aromatic rings. The van der Waals surface area contributed by atoms with Crippen LogP contribution in [0.1, 0.15) is 30.9 Å². The molecule has 1 fully saturated rings. The van der Waals surface area contributed by atoms with Gasteiger partial charge < -0.3 is 14.9 Å². The minimum atomic E-state index is -0.474. The quantitative estimate of drug-likeness (QED) is 0.838. The third-order valence-electron chi connectivity index (χ3n) is 4.05. The maximum absolute atomic E-state index is 10.2. The molecule has 0 spiro atoms. The molecule has 20 heavy (non-hydrogen) atoms. The molecule has 3 nitrogen and oxygen atoms in total. The molecule has 2 rings (SSSR count). The number of halogens is 1. The van der Waals surface area contributed by atoms with Gasteiger partial charge in [0.1, 0.15) is 0 Å². The molecule has 0 aliphatic carbocycles. The van der Waals surface area contributed by atoms with Gasteiger partial charge in [0.05, 0.1) is 6.10 Å². The van der Waals surface area contributed by atoms with Crippen LogP contribution in [0.4, 0.5) is 0 Å². The van der Waals surface area contributed by atoms with E-state index in [1.165, 1.54) is 25.9 Å². The van der Waals surface area contributed by atoms with E-state index in [0.717, 1.165) is 31.6 Å². The van der Waals surface area contributed by atoms with Crippen molar-refractivity contribution in [3.8, 4) is 0 Å². The van der Waals surface area contributed by atoms with Crippen LogP contribution in [0.25, 0.3) is 0 Å². The third kappa shape index (κ3) is 4.74. The molecule has 1 saturated heterocycles. The van der Waals surface area contributed by atoms with Crippen LogP contribution >= 0.6 is 11.6 Å². The molecule has 0 amide bonds. The summed E-state index contributed by atoms with van der Waals surface area (Å²) in [5.41, 5.74) is 0.835. The summed E-state index contributed by atoms with van der Waals surface area (Å²) in [6.45, 7) is 5.58. The number of hydrogen-bond acceptors (Lipinski definition) is 3. The molecule has 0 bridgehead atoms. The van der Waals surface area contributed by atoms with Gasteiger partial charge in [-0.2, -0.15) is 0 Å². The molecule has 1 unspecified atom stereocenters. The Hall–Kier alpha value is -0.610. The number of likely N-dealkylation sites (tertiary alicyclic amines) is 1. The highest BCUT2D eigenvalue weighted by molar-refractivity contribution is 6.31. The minimum Gasteiger partial charge on any atom is -0.388 e. The molecule has 1 aromatic carbocycles. The van der Waals surface area contributed by atoms with Gasteiger partial charge in [0.15, 0.2) is 0 Å². The molecule has 1 heterocycles. The predicted molar refractivity (Wildman–Crippen MR) is 84.2 cm³/mol. The normalized spacial score (nSPS) is 17.8. The van der Waals surface area contributed by atoms with E-state index in [-0.39, 0.29) is 0 Å². The number of aliphatic hydroxyl groups is 1. The van der Waals surface area contributed by atoms with Crippen molar-refractivity contribution in [3.05, 3.63) is 34.9 Å². The summed E-state index contributed by atoms with van der Waals surface area (Å²) in [4.78, 5) is 4.80. The fraction of sp³-hybridized carbons (Fsp3) is 0.625. The van der Waals surface area contributed by atoms with Crippen LogP contribution in [0.3, 0.4) is 0 Å². The average Bonchev–Trinajstić information content (AvgIpc) is 2.96. The van der Waals surface area contributed by atoms with Gasteiger partial charge in [-0.3, -0.25) is 0 Å². The van der Waals surface area contributed by atoms with Gasteiger partial charge in [0.25, 0.3) is 0 Å². The second kappa shape index (κ2) is 7.99. The maximum atomic E-state index is 10.2. The topological polar surface area (TPSA) is 26.7 Å². The van der Waals surface area contributed by atoms with E-state index in [2.05, 4.69) is 16.8 Å². The number of nitrogens with zero attached hydrogens (tertiary/aromatic N) is 2. The van der Waals surface area contributed by atoms with E-state index >= 15 is 0 Å². The second-order valence-corrected chi connectivity index (χ2v) is 6.09. The first kappa shape index (κ1) is 15.8. The summed E-state index contributed by atoms with van der Waals surface area (Å²) in [5.74, 6) is 0.